The van der Waals surface area contributed by atoms with Crippen molar-refractivity contribution in [2.24, 2.45) is 5.73 Å². The molecule has 0 aromatic carbocycles. The Kier molecular flexibility index (Phi) is 7.13. The van der Waals surface area contributed by atoms with Gasteiger partial charge in [0.25, 0.3) is 5.91 Å². The van der Waals surface area contributed by atoms with Gasteiger partial charge >= 0.3 is 0 Å². The molecule has 0 radical (unpaired) electrons. The summed E-state index contributed by atoms with van der Waals surface area (Å²) >= 11 is 1.69. The molecule has 0 fully saturated rings. The van der Waals surface area contributed by atoms with Crippen LogP contribution in [0.3, 0.4) is 0 Å². The third-order valence-electron chi connectivity index (χ3n) is 3.98. The topological polar surface area (TPSA) is 60.0 Å². The van der Waals surface area contributed by atoms with Crippen molar-refractivity contribution >= 4 is 29.7 Å². The van der Waals surface area contributed by atoms with Crippen LogP contribution in [0.25, 0.3) is 0 Å². The van der Waals surface area contributed by atoms with Crippen molar-refractivity contribution in [2.75, 3.05) is 6.54 Å². The molecule has 2 aromatic rings. The van der Waals surface area contributed by atoms with E-state index in [2.05, 4.69) is 25.2 Å². The second-order valence-electron chi connectivity index (χ2n) is 5.35. The first-order chi connectivity index (χ1) is 10.1. The van der Waals surface area contributed by atoms with Crippen molar-refractivity contribution in [2.45, 2.75) is 38.8 Å². The number of carbonyl (C=O) groups is 1. The van der Waals surface area contributed by atoms with Crippen molar-refractivity contribution in [3.63, 3.8) is 0 Å². The molecule has 2 rings (SSSR count). The maximum Gasteiger partial charge on any atom is 0.267 e. The monoisotopic (exact) mass is 341 g/mol. The summed E-state index contributed by atoms with van der Waals surface area (Å²) in [7, 11) is 0. The van der Waals surface area contributed by atoms with Crippen LogP contribution in [0.2, 0.25) is 0 Å². The largest absolute Gasteiger partial charge is 0.349 e. The van der Waals surface area contributed by atoms with Gasteiger partial charge in [-0.15, -0.1) is 23.7 Å². The molecule has 0 bridgehead atoms. The zero-order chi connectivity index (χ0) is 15.3. The fourth-order valence-electron chi connectivity index (χ4n) is 2.18. The number of hydrogen-bond donors (Lipinski definition) is 2. The van der Waals surface area contributed by atoms with Crippen LogP contribution in [0.15, 0.2) is 35.8 Å². The van der Waals surface area contributed by atoms with E-state index in [4.69, 9.17) is 5.73 Å². The molecule has 3 N–H and O–H groups in total. The lowest BCUT2D eigenvalue weighted by molar-refractivity contribution is 0.0933. The predicted molar refractivity (Wildman–Crippen MR) is 94.9 cm³/mol. The lowest BCUT2D eigenvalue weighted by Crippen LogP contribution is -2.49. The smallest absolute Gasteiger partial charge is 0.267 e. The lowest BCUT2D eigenvalue weighted by atomic mass is 9.94. The SMILES string of the molecule is CCC(N)(CC)CNC(=O)c1cccn1Cc1cccs1.Cl. The van der Waals surface area contributed by atoms with Gasteiger partial charge in [-0.3, -0.25) is 4.79 Å². The summed E-state index contributed by atoms with van der Waals surface area (Å²) in [4.78, 5) is 13.6. The molecule has 22 heavy (non-hydrogen) atoms. The maximum absolute atomic E-state index is 12.3. The first-order valence-corrected chi connectivity index (χ1v) is 8.20. The molecule has 0 spiro atoms. The molecule has 0 aliphatic carbocycles. The minimum absolute atomic E-state index is 0. The highest BCUT2D eigenvalue weighted by atomic mass is 35.5. The fourth-order valence-corrected chi connectivity index (χ4v) is 2.88. The van der Waals surface area contributed by atoms with Crippen LogP contribution >= 0.6 is 23.7 Å². The summed E-state index contributed by atoms with van der Waals surface area (Å²) < 4.78 is 1.97. The molecule has 2 heterocycles. The first-order valence-electron chi connectivity index (χ1n) is 7.32. The summed E-state index contributed by atoms with van der Waals surface area (Å²) in [6.45, 7) is 5.33. The van der Waals surface area contributed by atoms with Gasteiger partial charge in [-0.25, -0.2) is 0 Å². The van der Waals surface area contributed by atoms with E-state index in [1.807, 2.05) is 34.3 Å². The van der Waals surface area contributed by atoms with Gasteiger partial charge in [0, 0.05) is 23.2 Å². The maximum atomic E-state index is 12.3. The molecule has 0 saturated heterocycles. The number of rotatable bonds is 7. The molecule has 0 atom stereocenters. The van der Waals surface area contributed by atoms with E-state index in [0.717, 1.165) is 19.4 Å². The summed E-state index contributed by atoms with van der Waals surface area (Å²) in [6, 6.07) is 7.84. The number of thiophene rings is 1. The Morgan fingerprint density at radius 1 is 1.32 bits per heavy atom. The molecular formula is C16H24ClN3OS. The second-order valence-corrected chi connectivity index (χ2v) is 6.39. The molecule has 6 heteroatoms. The highest BCUT2D eigenvalue weighted by molar-refractivity contribution is 7.09. The standard InChI is InChI=1S/C16H23N3OS.ClH/c1-3-16(17,4-2)12-18-15(20)14-8-5-9-19(14)11-13-7-6-10-21-13;/h5-10H,3-4,11-12,17H2,1-2H3,(H,18,20);1H. The van der Waals surface area contributed by atoms with E-state index in [1.54, 1.807) is 11.3 Å². The van der Waals surface area contributed by atoms with Gasteiger partial charge in [0.1, 0.15) is 5.69 Å². The molecule has 0 saturated carbocycles. The summed E-state index contributed by atoms with van der Waals surface area (Å²) in [5, 5.41) is 5.01. The van der Waals surface area contributed by atoms with Crippen LogP contribution in [-0.2, 0) is 6.54 Å². The minimum Gasteiger partial charge on any atom is -0.349 e. The van der Waals surface area contributed by atoms with Crippen molar-refractivity contribution in [3.05, 3.63) is 46.4 Å². The van der Waals surface area contributed by atoms with Gasteiger partial charge < -0.3 is 15.6 Å². The van der Waals surface area contributed by atoms with E-state index in [-0.39, 0.29) is 23.9 Å². The Labute approximate surface area is 142 Å². The first kappa shape index (κ1) is 18.7. The highest BCUT2D eigenvalue weighted by Crippen LogP contribution is 2.14. The summed E-state index contributed by atoms with van der Waals surface area (Å²) in [6.07, 6.45) is 3.63. The third kappa shape index (κ3) is 4.60. The molecule has 2 aromatic heterocycles. The molecular weight excluding hydrogens is 318 g/mol. The Morgan fingerprint density at radius 3 is 2.64 bits per heavy atom. The zero-order valence-corrected chi connectivity index (χ0v) is 14.7. The van der Waals surface area contributed by atoms with Gasteiger partial charge in [-0.1, -0.05) is 19.9 Å². The Bertz CT molecular complexity index is 576. The molecule has 4 nitrogen and oxygen atoms in total. The van der Waals surface area contributed by atoms with Crippen LogP contribution in [0.4, 0.5) is 0 Å². The quantitative estimate of drug-likeness (QED) is 0.812. The van der Waals surface area contributed by atoms with Crippen molar-refractivity contribution in [1.82, 2.24) is 9.88 Å². The van der Waals surface area contributed by atoms with E-state index in [9.17, 15) is 4.79 Å². The third-order valence-corrected chi connectivity index (χ3v) is 4.84. The van der Waals surface area contributed by atoms with Crippen LogP contribution in [0.5, 0.6) is 0 Å². The van der Waals surface area contributed by atoms with Crippen LogP contribution in [0.1, 0.15) is 42.1 Å². The minimum atomic E-state index is -0.319. The lowest BCUT2D eigenvalue weighted by Gasteiger charge is -2.26. The van der Waals surface area contributed by atoms with Gasteiger partial charge in [0.05, 0.1) is 6.54 Å². The molecule has 0 aliphatic rings. The Balaban J connectivity index is 0.00000242. The second kappa shape index (κ2) is 8.36. The summed E-state index contributed by atoms with van der Waals surface area (Å²) in [5.41, 5.74) is 6.59. The van der Waals surface area contributed by atoms with Crippen LogP contribution in [0, 0.1) is 0 Å². The van der Waals surface area contributed by atoms with Crippen molar-refractivity contribution < 1.29 is 4.79 Å². The number of nitrogens with two attached hydrogens (primary N) is 1. The van der Waals surface area contributed by atoms with Crippen molar-refractivity contribution in [3.8, 4) is 0 Å². The van der Waals surface area contributed by atoms with Crippen molar-refractivity contribution in [1.29, 1.82) is 0 Å². The highest BCUT2D eigenvalue weighted by Gasteiger charge is 2.22. The molecule has 122 valence electrons. The van der Waals surface area contributed by atoms with Gasteiger partial charge in [0.2, 0.25) is 0 Å². The van der Waals surface area contributed by atoms with Gasteiger partial charge in [0.15, 0.2) is 0 Å². The normalized spacial score (nSPS) is 11.0. The number of hydrogen-bond acceptors (Lipinski definition) is 3. The average Bonchev–Trinajstić information content (AvgIpc) is 3.16. The fraction of sp³-hybridized carbons (Fsp3) is 0.438. The van der Waals surface area contributed by atoms with Crippen LogP contribution < -0.4 is 11.1 Å². The van der Waals surface area contributed by atoms with Crippen LogP contribution in [-0.4, -0.2) is 22.6 Å². The molecule has 1 amide bonds. The zero-order valence-electron chi connectivity index (χ0n) is 13.0. The number of nitrogens with zero attached hydrogens (tertiary/aromatic N) is 1. The van der Waals surface area contributed by atoms with Gasteiger partial charge in [-0.2, -0.15) is 0 Å². The summed E-state index contributed by atoms with van der Waals surface area (Å²) in [5.74, 6) is -0.0618. The van der Waals surface area contributed by atoms with E-state index in [0.29, 0.717) is 12.2 Å². The number of halogens is 1. The number of carbonyl (C=O) groups excluding carboxylic acids is 1. The predicted octanol–water partition coefficient (Wildman–Crippen LogP) is 3.27. The number of amides is 1. The number of nitrogens with one attached hydrogen (secondary N) is 1. The van der Waals surface area contributed by atoms with E-state index in [1.165, 1.54) is 4.88 Å². The Hall–Kier alpha value is -1.30. The average molecular weight is 342 g/mol. The van der Waals surface area contributed by atoms with Gasteiger partial charge in [-0.05, 0) is 36.4 Å². The molecule has 0 aliphatic heterocycles. The number of aromatic nitrogens is 1. The molecule has 0 unspecified atom stereocenters. The van der Waals surface area contributed by atoms with E-state index < -0.39 is 0 Å². The van der Waals surface area contributed by atoms with E-state index >= 15 is 0 Å². The Morgan fingerprint density at radius 2 is 2.05 bits per heavy atom.